The summed E-state index contributed by atoms with van der Waals surface area (Å²) in [7, 11) is 0. The van der Waals surface area contributed by atoms with E-state index in [1.807, 2.05) is 0 Å². The summed E-state index contributed by atoms with van der Waals surface area (Å²) in [6, 6.07) is 26.0. The average Bonchev–Trinajstić information content (AvgIpc) is 3.35. The van der Waals surface area contributed by atoms with Gasteiger partial charge in [-0.3, -0.25) is 0 Å². The normalized spacial score (nSPS) is 14.9. The lowest BCUT2D eigenvalue weighted by Crippen LogP contribution is -2.16. The van der Waals surface area contributed by atoms with Crippen LogP contribution >= 0.6 is 0 Å². The Hall–Kier alpha value is -5.88. The molecule has 6 heteroatoms. The van der Waals surface area contributed by atoms with Gasteiger partial charge in [0, 0.05) is 38.5 Å². The Kier molecular flexibility index (Phi) is 14.0. The van der Waals surface area contributed by atoms with E-state index in [1.165, 1.54) is 11.1 Å². The zero-order valence-corrected chi connectivity index (χ0v) is 48.2. The Bertz CT molecular complexity index is 2930. The first-order valence-electron chi connectivity index (χ1n) is 27.1. The van der Waals surface area contributed by atoms with Gasteiger partial charge in [-0.15, -0.1) is 0 Å². The number of aromatic hydroxyl groups is 4. The molecule has 1 heterocycles. The fourth-order valence-corrected chi connectivity index (χ4v) is 10.6. The Morgan fingerprint density at radius 1 is 0.243 bits per heavy atom. The lowest BCUT2D eigenvalue weighted by molar-refractivity contribution is 0.215. The number of fused-ring (bicyclic) bond motifs is 8. The van der Waals surface area contributed by atoms with Gasteiger partial charge in [0.1, 0.15) is 47.7 Å². The van der Waals surface area contributed by atoms with Crippen LogP contribution in [0.1, 0.15) is 225 Å². The maximum absolute atomic E-state index is 12.7. The number of hydrogen-bond acceptors (Lipinski definition) is 6. The highest BCUT2D eigenvalue weighted by Gasteiger charge is 2.30. The van der Waals surface area contributed by atoms with E-state index in [4.69, 9.17) is 9.47 Å². The largest absolute Gasteiger partial charge is 0.507 e. The number of rotatable bonds is 0. The number of phenols is 4. The first-order chi connectivity index (χ1) is 34.1. The fourth-order valence-electron chi connectivity index (χ4n) is 10.6. The van der Waals surface area contributed by atoms with Crippen LogP contribution in [-0.2, 0) is 71.0 Å². The van der Waals surface area contributed by atoms with E-state index in [0.29, 0.717) is 67.6 Å². The fraction of sp³-hybridized carbons (Fsp3) is 0.471. The Morgan fingerprint density at radius 3 is 0.541 bits per heavy atom. The minimum Gasteiger partial charge on any atom is -0.507 e. The van der Waals surface area contributed by atoms with Gasteiger partial charge in [0.25, 0.3) is 0 Å². The second kappa shape index (κ2) is 19.0. The van der Waals surface area contributed by atoms with Gasteiger partial charge in [0.2, 0.25) is 0 Å². The molecule has 6 nitrogen and oxygen atoms in total. The minimum absolute atomic E-state index is 0.153. The first-order valence-corrected chi connectivity index (χ1v) is 27.1. The molecule has 0 unspecified atom stereocenters. The van der Waals surface area contributed by atoms with Crippen molar-refractivity contribution in [3.8, 4) is 34.5 Å². The highest BCUT2D eigenvalue weighted by Crippen LogP contribution is 2.45. The summed E-state index contributed by atoms with van der Waals surface area (Å²) in [6.07, 6.45) is 2.25. The molecule has 0 aromatic heterocycles. The maximum Gasteiger partial charge on any atom is 0.126 e. The van der Waals surface area contributed by atoms with Crippen molar-refractivity contribution in [2.75, 3.05) is 13.2 Å². The van der Waals surface area contributed by atoms with Crippen LogP contribution < -0.4 is 9.47 Å². The number of benzene rings is 6. The topological polar surface area (TPSA) is 99.4 Å². The van der Waals surface area contributed by atoms with Crippen LogP contribution in [0, 0.1) is 0 Å². The second-order valence-electron chi connectivity index (χ2n) is 28.1. The van der Waals surface area contributed by atoms with Gasteiger partial charge < -0.3 is 29.9 Å². The molecule has 0 fully saturated rings. The number of hydrogen-bond donors (Lipinski definition) is 4. The molecular formula is C68H86O6. The summed E-state index contributed by atoms with van der Waals surface area (Å²) in [6.45, 7) is 40.4. The molecule has 0 spiro atoms. The van der Waals surface area contributed by atoms with E-state index in [-0.39, 0.29) is 61.9 Å². The second-order valence-corrected chi connectivity index (χ2v) is 28.1. The Labute approximate surface area is 444 Å². The van der Waals surface area contributed by atoms with Gasteiger partial charge in [-0.1, -0.05) is 197 Å². The van der Waals surface area contributed by atoms with Crippen molar-refractivity contribution >= 4 is 0 Å². The molecule has 6 aromatic rings. The Morgan fingerprint density at radius 2 is 0.378 bits per heavy atom. The SMILES string of the molecule is CC(C)(C)c1cc2c(O)c(c1)Cc1cc(C(C)(C)C)cc(c1O)Cc1cc(C(C)(C)C)cc3c1OCCOc1c(cc(C(C)(C)C)cc1C3)Cc1cc(C(C)(C)C)cc(c1O)Cc1cc(C(C)(C)C)cc(c1O)C2. The van der Waals surface area contributed by atoms with Crippen LogP contribution in [0.5, 0.6) is 34.5 Å². The summed E-state index contributed by atoms with van der Waals surface area (Å²) in [5.41, 5.74) is 15.2. The van der Waals surface area contributed by atoms with Crippen molar-refractivity contribution in [1.82, 2.24) is 0 Å². The van der Waals surface area contributed by atoms with Crippen LogP contribution in [0.4, 0.5) is 0 Å². The van der Waals surface area contributed by atoms with Crippen LogP contribution in [-0.4, -0.2) is 33.6 Å². The van der Waals surface area contributed by atoms with E-state index in [2.05, 4.69) is 197 Å². The molecule has 0 atom stereocenters. The van der Waals surface area contributed by atoms with Crippen molar-refractivity contribution in [1.29, 1.82) is 0 Å². The third-order valence-electron chi connectivity index (χ3n) is 15.6. The summed E-state index contributed by atoms with van der Waals surface area (Å²) in [5, 5.41) is 50.5. The van der Waals surface area contributed by atoms with Gasteiger partial charge >= 0.3 is 0 Å². The molecular weight excluding hydrogens is 913 g/mol. The smallest absolute Gasteiger partial charge is 0.126 e. The minimum atomic E-state index is -0.276. The number of ether oxygens (including phenoxy) is 2. The van der Waals surface area contributed by atoms with Crippen LogP contribution in [0.25, 0.3) is 0 Å². The van der Waals surface area contributed by atoms with Crippen molar-refractivity contribution < 1.29 is 29.9 Å². The van der Waals surface area contributed by atoms with Gasteiger partial charge in [-0.25, -0.2) is 0 Å². The summed E-state index contributed by atoms with van der Waals surface area (Å²) >= 11 is 0. The molecule has 2 aliphatic rings. The third kappa shape index (κ3) is 11.4. The molecule has 1 aliphatic heterocycles. The Balaban J connectivity index is 1.47. The van der Waals surface area contributed by atoms with Crippen molar-refractivity contribution in [3.05, 3.63) is 173 Å². The molecule has 0 saturated heterocycles. The van der Waals surface area contributed by atoms with Crippen molar-refractivity contribution in [3.63, 3.8) is 0 Å². The van der Waals surface area contributed by atoms with Crippen LogP contribution in [0.2, 0.25) is 0 Å². The molecule has 1 aliphatic carbocycles. The molecule has 0 radical (unpaired) electrons. The van der Waals surface area contributed by atoms with Gasteiger partial charge in [0.15, 0.2) is 0 Å². The lowest BCUT2D eigenvalue weighted by Gasteiger charge is -2.27. The predicted octanol–water partition coefficient (Wildman–Crippen LogP) is 15.9. The standard InChI is InChI=1S/C68H86O6/c1-63(2,3)51-27-39-21-40-28-52(64(4,5)6)30-42(58(40)70)23-44-32-54(66(10,11)12)34-46(60(44)72)25-48-36-56(68(16,17)18)38-50-26-49-37-55(67(13,14)15)35-47(61(49)73-19-20-74-62(48)50)24-45-33-53(65(7,8)9)31-43(59(45)71)22-41(29-51)57(39)69/h27-38,69-72H,19-26H2,1-18H3. The predicted molar refractivity (Wildman–Crippen MR) is 305 cm³/mol. The zero-order valence-electron chi connectivity index (χ0n) is 48.2. The quantitative estimate of drug-likeness (QED) is 0.121. The highest BCUT2D eigenvalue weighted by molar-refractivity contribution is 5.61. The van der Waals surface area contributed by atoms with E-state index in [0.717, 1.165) is 78.3 Å². The van der Waals surface area contributed by atoms with E-state index >= 15 is 0 Å². The van der Waals surface area contributed by atoms with Crippen LogP contribution in [0.15, 0.2) is 72.8 Å². The van der Waals surface area contributed by atoms with Crippen LogP contribution in [0.3, 0.4) is 0 Å². The summed E-state index contributed by atoms with van der Waals surface area (Å²) in [4.78, 5) is 0. The first kappa shape index (κ1) is 54.4. The van der Waals surface area contributed by atoms with E-state index in [9.17, 15) is 20.4 Å². The van der Waals surface area contributed by atoms with Crippen molar-refractivity contribution in [2.45, 2.75) is 196 Å². The molecule has 0 saturated carbocycles. The molecule has 0 amide bonds. The van der Waals surface area contributed by atoms with Gasteiger partial charge in [-0.2, -0.15) is 0 Å². The van der Waals surface area contributed by atoms with Gasteiger partial charge in [0.05, 0.1) is 0 Å². The molecule has 8 rings (SSSR count). The van der Waals surface area contributed by atoms with E-state index in [1.54, 1.807) is 0 Å². The molecule has 394 valence electrons. The zero-order chi connectivity index (χ0) is 54.4. The molecule has 74 heavy (non-hydrogen) atoms. The van der Waals surface area contributed by atoms with Gasteiger partial charge in [-0.05, 0) is 133 Å². The monoisotopic (exact) mass is 999 g/mol. The molecule has 14 bridgehead atoms. The van der Waals surface area contributed by atoms with E-state index < -0.39 is 0 Å². The third-order valence-corrected chi connectivity index (χ3v) is 15.6. The highest BCUT2D eigenvalue weighted by atomic mass is 16.5. The molecule has 6 aromatic carbocycles. The lowest BCUT2D eigenvalue weighted by atomic mass is 9.79. The molecule has 4 N–H and O–H groups in total. The summed E-state index contributed by atoms with van der Waals surface area (Å²) in [5.74, 6) is 2.36. The summed E-state index contributed by atoms with van der Waals surface area (Å²) < 4.78 is 13.8. The average molecular weight is 999 g/mol. The number of phenolic OH excluding ortho intramolecular Hbond substituents is 4. The maximum atomic E-state index is 12.7. The van der Waals surface area contributed by atoms with Crippen molar-refractivity contribution in [2.24, 2.45) is 0 Å².